The standard InChI is InChI=1S/C20H28ClFN4O4S/c1-31(29,30)9-20(28)7-11-4-10(5-12(11)8-20)17-16(18(23)26-25-17)19(27)24-13-2-3-15(22)14(21)6-13/h2-3,6,10-12,16-18,25-26,28H,4-5,7-9,23H2,1H3,(H,24,27). The molecule has 8 nitrogen and oxygen atoms in total. The second-order valence-corrected chi connectivity index (χ2v) is 12.0. The highest BCUT2D eigenvalue weighted by atomic mass is 35.5. The van der Waals surface area contributed by atoms with E-state index < -0.39 is 33.3 Å². The van der Waals surface area contributed by atoms with Gasteiger partial charge in [0.2, 0.25) is 5.91 Å². The molecule has 1 amide bonds. The molecule has 2 aliphatic carbocycles. The molecule has 11 heteroatoms. The lowest BCUT2D eigenvalue weighted by Crippen LogP contribution is -2.45. The van der Waals surface area contributed by atoms with Gasteiger partial charge in [-0.15, -0.1) is 0 Å². The Hall–Kier alpha value is -1.30. The number of nitrogens with one attached hydrogen (secondary N) is 3. The number of hydrazine groups is 1. The lowest BCUT2D eigenvalue weighted by atomic mass is 9.84. The fourth-order valence-corrected chi connectivity index (χ4v) is 7.24. The third-order valence-electron chi connectivity index (χ3n) is 6.88. The fraction of sp³-hybridized carbons (Fsp3) is 0.650. The summed E-state index contributed by atoms with van der Waals surface area (Å²) in [6.45, 7) is 0. The van der Waals surface area contributed by atoms with E-state index in [0.29, 0.717) is 18.5 Å². The molecule has 1 aromatic rings. The zero-order chi connectivity index (χ0) is 22.6. The van der Waals surface area contributed by atoms with E-state index in [1.54, 1.807) is 0 Å². The van der Waals surface area contributed by atoms with Crippen LogP contribution in [0.25, 0.3) is 0 Å². The molecule has 6 N–H and O–H groups in total. The second kappa shape index (κ2) is 8.24. The number of benzene rings is 1. The first-order valence-electron chi connectivity index (χ1n) is 10.4. The number of fused-ring (bicyclic) bond motifs is 1. The van der Waals surface area contributed by atoms with Crippen LogP contribution >= 0.6 is 11.6 Å². The summed E-state index contributed by atoms with van der Waals surface area (Å²) < 4.78 is 36.7. The van der Waals surface area contributed by atoms with Gasteiger partial charge in [-0.25, -0.2) is 18.2 Å². The molecule has 1 aliphatic heterocycles. The van der Waals surface area contributed by atoms with Crippen LogP contribution in [0.3, 0.4) is 0 Å². The van der Waals surface area contributed by atoms with Crippen molar-refractivity contribution in [1.29, 1.82) is 0 Å². The lowest BCUT2D eigenvalue weighted by Gasteiger charge is -2.28. The van der Waals surface area contributed by atoms with E-state index in [0.717, 1.165) is 19.1 Å². The first-order chi connectivity index (χ1) is 14.4. The van der Waals surface area contributed by atoms with E-state index in [1.807, 2.05) is 0 Å². The fourth-order valence-electron chi connectivity index (χ4n) is 5.85. The maximum atomic E-state index is 13.4. The highest BCUT2D eigenvalue weighted by Crippen LogP contribution is 2.52. The third-order valence-corrected chi connectivity index (χ3v) is 8.23. The van der Waals surface area contributed by atoms with Gasteiger partial charge in [-0.05, 0) is 61.6 Å². The summed E-state index contributed by atoms with van der Waals surface area (Å²) >= 11 is 5.80. The topological polar surface area (TPSA) is 134 Å². The number of nitrogens with two attached hydrogens (primary N) is 1. The Bertz CT molecular complexity index is 964. The van der Waals surface area contributed by atoms with E-state index >= 15 is 0 Å². The molecule has 3 fully saturated rings. The van der Waals surface area contributed by atoms with Crippen molar-refractivity contribution in [2.75, 3.05) is 17.3 Å². The van der Waals surface area contributed by atoms with Gasteiger partial charge in [-0.3, -0.25) is 10.2 Å². The quantitative estimate of drug-likeness (QED) is 0.430. The summed E-state index contributed by atoms with van der Waals surface area (Å²) in [5.41, 5.74) is 11.5. The number of hydrogen-bond donors (Lipinski definition) is 5. The van der Waals surface area contributed by atoms with Crippen molar-refractivity contribution in [2.45, 2.75) is 43.5 Å². The first-order valence-corrected chi connectivity index (χ1v) is 12.8. The van der Waals surface area contributed by atoms with Gasteiger partial charge in [0.05, 0.1) is 28.5 Å². The minimum Gasteiger partial charge on any atom is -0.389 e. The monoisotopic (exact) mass is 474 g/mol. The molecular weight excluding hydrogens is 447 g/mol. The van der Waals surface area contributed by atoms with E-state index in [4.69, 9.17) is 17.3 Å². The summed E-state index contributed by atoms with van der Waals surface area (Å²) in [6.07, 6.45) is 3.04. The van der Waals surface area contributed by atoms with Crippen LogP contribution in [0.5, 0.6) is 0 Å². The zero-order valence-electron chi connectivity index (χ0n) is 17.1. The Balaban J connectivity index is 1.42. The second-order valence-electron chi connectivity index (χ2n) is 9.44. The number of hydrogen-bond acceptors (Lipinski definition) is 7. The van der Waals surface area contributed by atoms with Crippen LogP contribution in [0.1, 0.15) is 25.7 Å². The van der Waals surface area contributed by atoms with Crippen molar-refractivity contribution in [3.63, 3.8) is 0 Å². The normalized spacial score (nSPS) is 37.7. The molecule has 0 bridgehead atoms. The zero-order valence-corrected chi connectivity index (χ0v) is 18.7. The van der Waals surface area contributed by atoms with Crippen molar-refractivity contribution in [1.82, 2.24) is 10.9 Å². The molecule has 0 radical (unpaired) electrons. The summed E-state index contributed by atoms with van der Waals surface area (Å²) in [7, 11) is -3.26. The van der Waals surface area contributed by atoms with E-state index in [9.17, 15) is 22.7 Å². The molecule has 1 aromatic carbocycles. The smallest absolute Gasteiger partial charge is 0.232 e. The number of rotatable bonds is 5. The lowest BCUT2D eigenvalue weighted by molar-refractivity contribution is -0.121. The molecule has 172 valence electrons. The predicted molar refractivity (Wildman–Crippen MR) is 115 cm³/mol. The molecular formula is C20H28ClFN4O4S. The number of sulfone groups is 1. The highest BCUT2D eigenvalue weighted by molar-refractivity contribution is 7.90. The van der Waals surface area contributed by atoms with Gasteiger partial charge in [0.15, 0.2) is 0 Å². The van der Waals surface area contributed by atoms with Crippen LogP contribution in [0.15, 0.2) is 18.2 Å². The van der Waals surface area contributed by atoms with E-state index in [2.05, 4.69) is 16.2 Å². The van der Waals surface area contributed by atoms with Crippen molar-refractivity contribution in [2.24, 2.45) is 29.4 Å². The Morgan fingerprint density at radius 1 is 1.29 bits per heavy atom. The van der Waals surface area contributed by atoms with Gasteiger partial charge in [-0.2, -0.15) is 0 Å². The van der Waals surface area contributed by atoms with Crippen LogP contribution in [0.2, 0.25) is 5.02 Å². The molecule has 0 spiro atoms. The van der Waals surface area contributed by atoms with Crippen LogP contribution in [-0.4, -0.2) is 49.2 Å². The minimum absolute atomic E-state index is 0.0773. The molecule has 3 aliphatic rings. The predicted octanol–water partition coefficient (Wildman–Crippen LogP) is 1.01. The Labute approximate surface area is 186 Å². The Morgan fingerprint density at radius 2 is 1.94 bits per heavy atom. The average Bonchev–Trinajstić information content (AvgIpc) is 3.27. The van der Waals surface area contributed by atoms with Crippen LogP contribution in [0.4, 0.5) is 10.1 Å². The maximum absolute atomic E-state index is 13.4. The number of anilines is 1. The summed E-state index contributed by atoms with van der Waals surface area (Å²) in [4.78, 5) is 13.0. The molecule has 0 aromatic heterocycles. The summed E-state index contributed by atoms with van der Waals surface area (Å²) in [5.74, 6) is -1.02. The molecule has 1 heterocycles. The first kappa shape index (κ1) is 22.9. The number of carbonyl (C=O) groups excluding carboxylic acids is 1. The molecule has 2 saturated carbocycles. The Morgan fingerprint density at radius 3 is 2.52 bits per heavy atom. The van der Waals surface area contributed by atoms with Gasteiger partial charge in [0, 0.05) is 18.0 Å². The SMILES string of the molecule is CS(=O)(=O)CC1(O)CC2CC(C3NNC(N)C3C(=O)Nc3ccc(F)c(Cl)c3)CC2C1. The van der Waals surface area contributed by atoms with Crippen molar-refractivity contribution in [3.8, 4) is 0 Å². The van der Waals surface area contributed by atoms with Crippen molar-refractivity contribution in [3.05, 3.63) is 29.0 Å². The summed E-state index contributed by atoms with van der Waals surface area (Å²) in [5, 5.41) is 13.4. The molecule has 1 saturated heterocycles. The number of amides is 1. The highest BCUT2D eigenvalue weighted by Gasteiger charge is 2.53. The van der Waals surface area contributed by atoms with Gasteiger partial charge in [0.25, 0.3) is 0 Å². The molecule has 4 rings (SSSR count). The van der Waals surface area contributed by atoms with Gasteiger partial charge >= 0.3 is 0 Å². The van der Waals surface area contributed by atoms with Crippen LogP contribution in [0, 0.1) is 29.5 Å². The van der Waals surface area contributed by atoms with E-state index in [1.165, 1.54) is 18.2 Å². The van der Waals surface area contributed by atoms with Crippen molar-refractivity contribution < 1.29 is 22.7 Å². The minimum atomic E-state index is -3.26. The average molecular weight is 475 g/mol. The number of halogens is 2. The van der Waals surface area contributed by atoms with Crippen molar-refractivity contribution >= 4 is 33.0 Å². The molecule has 5 atom stereocenters. The summed E-state index contributed by atoms with van der Waals surface area (Å²) in [6, 6.07) is 3.78. The van der Waals surface area contributed by atoms with Crippen LogP contribution in [-0.2, 0) is 14.6 Å². The molecule has 31 heavy (non-hydrogen) atoms. The van der Waals surface area contributed by atoms with Gasteiger partial charge in [-0.1, -0.05) is 11.6 Å². The number of aliphatic hydroxyl groups is 1. The van der Waals surface area contributed by atoms with Gasteiger partial charge in [0.1, 0.15) is 15.7 Å². The third kappa shape index (κ3) is 4.89. The Kier molecular flexibility index (Phi) is 6.08. The van der Waals surface area contributed by atoms with Gasteiger partial charge < -0.3 is 16.2 Å². The van der Waals surface area contributed by atoms with Crippen LogP contribution < -0.4 is 21.9 Å². The maximum Gasteiger partial charge on any atom is 0.232 e. The van der Waals surface area contributed by atoms with E-state index in [-0.39, 0.29) is 40.5 Å². The molecule has 5 unspecified atom stereocenters. The largest absolute Gasteiger partial charge is 0.389 e. The number of carbonyl (C=O) groups is 1.